The summed E-state index contributed by atoms with van der Waals surface area (Å²) in [5, 5.41) is 5.62. The van der Waals surface area contributed by atoms with Gasteiger partial charge in [-0.15, -0.1) is 0 Å². The summed E-state index contributed by atoms with van der Waals surface area (Å²) < 4.78 is 39.3. The molecule has 3 N–H and O–H groups in total. The van der Waals surface area contributed by atoms with Gasteiger partial charge in [0.2, 0.25) is 15.9 Å². The summed E-state index contributed by atoms with van der Waals surface area (Å²) in [5.74, 6) is -1.09. The summed E-state index contributed by atoms with van der Waals surface area (Å²) in [6.45, 7) is 2.27. The smallest absolute Gasteiger partial charge is 0.243 e. The fourth-order valence-corrected chi connectivity index (χ4v) is 2.61. The molecule has 1 atom stereocenters. The van der Waals surface area contributed by atoms with Crippen LogP contribution in [0.5, 0.6) is 0 Å². The predicted molar refractivity (Wildman–Crippen MR) is 77.7 cm³/mol. The lowest BCUT2D eigenvalue weighted by Gasteiger charge is -2.11. The third-order valence-corrected chi connectivity index (χ3v) is 4.36. The van der Waals surface area contributed by atoms with Crippen LogP contribution in [0.2, 0.25) is 0 Å². The molecule has 0 spiro atoms. The van der Waals surface area contributed by atoms with Gasteiger partial charge in [0.1, 0.15) is 10.7 Å². The number of hydrogen-bond acceptors (Lipinski definition) is 4. The van der Waals surface area contributed by atoms with Crippen LogP contribution in [0.1, 0.15) is 13.3 Å². The molecule has 0 fully saturated rings. The van der Waals surface area contributed by atoms with E-state index < -0.39 is 20.7 Å². The first-order chi connectivity index (χ1) is 9.86. The Morgan fingerprint density at radius 1 is 1.33 bits per heavy atom. The van der Waals surface area contributed by atoms with E-state index in [1.54, 1.807) is 7.05 Å². The molecule has 1 aromatic carbocycles. The molecule has 1 aromatic rings. The first kappa shape index (κ1) is 17.5. The lowest BCUT2D eigenvalue weighted by molar-refractivity contribution is -0.121. The van der Waals surface area contributed by atoms with Gasteiger partial charge in [-0.2, -0.15) is 0 Å². The Bertz CT molecular complexity index is 578. The van der Waals surface area contributed by atoms with E-state index in [0.29, 0.717) is 6.54 Å². The van der Waals surface area contributed by atoms with Crippen molar-refractivity contribution >= 4 is 15.9 Å². The SMILES string of the molecule is CNC(C)CNC(=O)CCNS(=O)(=O)c1ccccc1F. The third-order valence-electron chi connectivity index (χ3n) is 2.87. The highest BCUT2D eigenvalue weighted by Gasteiger charge is 2.18. The average molecular weight is 317 g/mol. The molecule has 8 heteroatoms. The highest BCUT2D eigenvalue weighted by Crippen LogP contribution is 2.12. The van der Waals surface area contributed by atoms with Gasteiger partial charge in [-0.25, -0.2) is 17.5 Å². The molecule has 0 heterocycles. The van der Waals surface area contributed by atoms with Crippen LogP contribution in [0.25, 0.3) is 0 Å². The third kappa shape index (κ3) is 5.78. The highest BCUT2D eigenvalue weighted by atomic mass is 32.2. The average Bonchev–Trinajstić information content (AvgIpc) is 2.44. The molecule has 1 amide bonds. The molecular formula is C13H20FN3O3S. The number of likely N-dealkylation sites (N-methyl/N-ethyl adjacent to an activating group) is 1. The van der Waals surface area contributed by atoms with Crippen LogP contribution in [-0.2, 0) is 14.8 Å². The summed E-state index contributed by atoms with van der Waals surface area (Å²) in [6, 6.07) is 5.21. The minimum atomic E-state index is -3.94. The van der Waals surface area contributed by atoms with E-state index >= 15 is 0 Å². The van der Waals surface area contributed by atoms with Crippen LogP contribution in [-0.4, -0.2) is 40.5 Å². The first-order valence-corrected chi connectivity index (χ1v) is 8.03. The second kappa shape index (κ2) is 8.06. The van der Waals surface area contributed by atoms with E-state index in [1.165, 1.54) is 18.2 Å². The van der Waals surface area contributed by atoms with Crippen molar-refractivity contribution in [2.75, 3.05) is 20.1 Å². The van der Waals surface area contributed by atoms with Crippen molar-refractivity contribution in [1.82, 2.24) is 15.4 Å². The van der Waals surface area contributed by atoms with Crippen molar-refractivity contribution in [2.45, 2.75) is 24.3 Å². The zero-order valence-electron chi connectivity index (χ0n) is 12.0. The summed E-state index contributed by atoms with van der Waals surface area (Å²) in [6.07, 6.45) is -0.00980. The number of sulfonamides is 1. The van der Waals surface area contributed by atoms with Gasteiger partial charge in [0.15, 0.2) is 0 Å². The van der Waals surface area contributed by atoms with Gasteiger partial charge in [-0.05, 0) is 26.1 Å². The molecule has 0 radical (unpaired) electrons. The van der Waals surface area contributed by atoms with Crippen molar-refractivity contribution < 1.29 is 17.6 Å². The van der Waals surface area contributed by atoms with E-state index in [9.17, 15) is 17.6 Å². The second-order valence-electron chi connectivity index (χ2n) is 4.57. The van der Waals surface area contributed by atoms with Gasteiger partial charge in [0.05, 0.1) is 0 Å². The molecule has 1 unspecified atom stereocenters. The molecule has 0 saturated carbocycles. The normalized spacial score (nSPS) is 12.9. The van der Waals surface area contributed by atoms with Crippen molar-refractivity contribution in [2.24, 2.45) is 0 Å². The number of amides is 1. The van der Waals surface area contributed by atoms with Crippen molar-refractivity contribution in [3.8, 4) is 0 Å². The lowest BCUT2D eigenvalue weighted by atomic mass is 10.3. The van der Waals surface area contributed by atoms with Gasteiger partial charge >= 0.3 is 0 Å². The van der Waals surface area contributed by atoms with Crippen LogP contribution in [0.15, 0.2) is 29.2 Å². The topological polar surface area (TPSA) is 87.3 Å². The Labute approximate surface area is 124 Å². The summed E-state index contributed by atoms with van der Waals surface area (Å²) in [4.78, 5) is 11.1. The quantitative estimate of drug-likeness (QED) is 0.640. The summed E-state index contributed by atoms with van der Waals surface area (Å²) in [7, 11) is -2.16. The molecule has 0 aromatic heterocycles. The van der Waals surface area contributed by atoms with Gasteiger partial charge < -0.3 is 10.6 Å². The molecule has 1 rings (SSSR count). The Morgan fingerprint density at radius 2 is 2.00 bits per heavy atom. The number of rotatable bonds is 8. The largest absolute Gasteiger partial charge is 0.355 e. The number of carbonyl (C=O) groups is 1. The monoisotopic (exact) mass is 317 g/mol. The number of halogens is 1. The first-order valence-electron chi connectivity index (χ1n) is 6.55. The van der Waals surface area contributed by atoms with E-state index in [0.717, 1.165) is 6.07 Å². The van der Waals surface area contributed by atoms with Crippen LogP contribution >= 0.6 is 0 Å². The maximum absolute atomic E-state index is 13.4. The van der Waals surface area contributed by atoms with Gasteiger partial charge in [0, 0.05) is 25.6 Å². The van der Waals surface area contributed by atoms with Crippen LogP contribution < -0.4 is 15.4 Å². The molecule has 0 saturated heterocycles. The number of benzene rings is 1. The highest BCUT2D eigenvalue weighted by molar-refractivity contribution is 7.89. The summed E-state index contributed by atoms with van der Waals surface area (Å²) in [5.41, 5.74) is 0. The Morgan fingerprint density at radius 3 is 2.62 bits per heavy atom. The zero-order chi connectivity index (χ0) is 15.9. The van der Waals surface area contributed by atoms with Crippen LogP contribution in [0.4, 0.5) is 4.39 Å². The molecule has 21 heavy (non-hydrogen) atoms. The van der Waals surface area contributed by atoms with E-state index in [2.05, 4.69) is 15.4 Å². The lowest BCUT2D eigenvalue weighted by Crippen LogP contribution is -2.38. The maximum atomic E-state index is 13.4. The minimum Gasteiger partial charge on any atom is -0.355 e. The predicted octanol–water partition coefficient (Wildman–Crippen LogP) is 0.218. The fraction of sp³-hybridized carbons (Fsp3) is 0.462. The van der Waals surface area contributed by atoms with Crippen molar-refractivity contribution in [3.05, 3.63) is 30.1 Å². The second-order valence-corrected chi connectivity index (χ2v) is 6.31. The molecule has 118 valence electrons. The standard InChI is InChI=1S/C13H20FN3O3S/c1-10(15-2)9-16-13(18)7-8-17-21(19,20)12-6-4-3-5-11(12)14/h3-6,10,15,17H,7-9H2,1-2H3,(H,16,18). The number of nitrogens with one attached hydrogen (secondary N) is 3. The van der Waals surface area contributed by atoms with Crippen LogP contribution in [0.3, 0.4) is 0 Å². The Kier molecular flexibility index (Phi) is 6.73. The van der Waals surface area contributed by atoms with Crippen molar-refractivity contribution in [1.29, 1.82) is 0 Å². The van der Waals surface area contributed by atoms with Gasteiger partial charge in [-0.1, -0.05) is 12.1 Å². The van der Waals surface area contributed by atoms with E-state index in [1.807, 2.05) is 6.92 Å². The molecule has 6 nitrogen and oxygen atoms in total. The molecule has 0 aliphatic rings. The maximum Gasteiger partial charge on any atom is 0.243 e. The number of hydrogen-bond donors (Lipinski definition) is 3. The molecule has 0 aliphatic carbocycles. The minimum absolute atomic E-state index is 0.00980. The molecule has 0 aliphatic heterocycles. The van der Waals surface area contributed by atoms with Gasteiger partial charge in [0.25, 0.3) is 0 Å². The Balaban J connectivity index is 2.45. The van der Waals surface area contributed by atoms with E-state index in [4.69, 9.17) is 0 Å². The molecule has 0 bridgehead atoms. The fourth-order valence-electron chi connectivity index (χ4n) is 1.50. The zero-order valence-corrected chi connectivity index (χ0v) is 12.8. The van der Waals surface area contributed by atoms with Crippen molar-refractivity contribution in [3.63, 3.8) is 0 Å². The number of carbonyl (C=O) groups excluding carboxylic acids is 1. The van der Waals surface area contributed by atoms with Gasteiger partial charge in [-0.3, -0.25) is 4.79 Å². The molecular weight excluding hydrogens is 297 g/mol. The Hall–Kier alpha value is -1.51. The van der Waals surface area contributed by atoms with Crippen LogP contribution in [0, 0.1) is 5.82 Å². The summed E-state index contributed by atoms with van der Waals surface area (Å²) >= 11 is 0. The van der Waals surface area contributed by atoms with E-state index in [-0.39, 0.29) is 24.9 Å².